The fourth-order valence-corrected chi connectivity index (χ4v) is 8.59. The number of hydrogen-bond acceptors (Lipinski definition) is 20. The molecular weight excluding hydrogens is 993 g/mol. The number of aliphatic hydroxyl groups is 2. The second-order valence-corrected chi connectivity index (χ2v) is 18.4. The number of hydrogen-bond donors (Lipinski definition) is 10. The van der Waals surface area contributed by atoms with E-state index in [1.54, 1.807) is 39.2 Å². The van der Waals surface area contributed by atoms with Crippen molar-refractivity contribution in [1.82, 2.24) is 55.9 Å². The van der Waals surface area contributed by atoms with Crippen LogP contribution in [0.15, 0.2) is 24.8 Å². The van der Waals surface area contributed by atoms with Gasteiger partial charge in [-0.3, -0.25) is 64.3 Å². The third-order valence-electron chi connectivity index (χ3n) is 12.8. The maximum absolute atomic E-state index is 12.1. The Morgan fingerprint density at radius 1 is 0.600 bits per heavy atom. The third-order valence-corrected chi connectivity index (χ3v) is 12.8. The number of aromatic nitrogens is 8. The van der Waals surface area contributed by atoms with Gasteiger partial charge in [0.15, 0.2) is 5.69 Å². The van der Waals surface area contributed by atoms with E-state index in [1.165, 1.54) is 10.9 Å². The molecule has 4 aliphatic carbocycles. The number of nitrogens with zero attached hydrogens (tertiary/aromatic N) is 9. The zero-order valence-electron chi connectivity index (χ0n) is 42.2. The van der Waals surface area contributed by atoms with Gasteiger partial charge in [0.05, 0.1) is 44.9 Å². The number of nitro groups is 3. The number of methoxy groups -OCH3 is 2. The second-order valence-electron chi connectivity index (χ2n) is 18.4. The Bertz CT molecular complexity index is 2460. The summed E-state index contributed by atoms with van der Waals surface area (Å²) in [4.78, 5) is 75.7. The number of amides is 3. The minimum absolute atomic E-state index is 0.0236. The molecule has 0 aromatic carbocycles. The molecule has 0 saturated heterocycles. The highest BCUT2D eigenvalue weighted by molar-refractivity contribution is 5.97. The molecule has 0 bridgehead atoms. The Morgan fingerprint density at radius 3 is 1.36 bits per heavy atom. The number of nitrogens with one attached hydrogen (secondary N) is 5. The summed E-state index contributed by atoms with van der Waals surface area (Å²) < 4.78 is 13.4. The third kappa shape index (κ3) is 19.1. The molecule has 31 heteroatoms. The fraction of sp³-hybridized carbons (Fsp3) is 0.636. The maximum atomic E-state index is 12.1. The van der Waals surface area contributed by atoms with E-state index >= 15 is 0 Å². The number of aliphatic hydroxyl groups excluding tert-OH is 2. The van der Waals surface area contributed by atoms with E-state index < -0.39 is 43.9 Å². The average Bonchev–Trinajstić information content (AvgIpc) is 4.22. The molecule has 8 rings (SSSR count). The van der Waals surface area contributed by atoms with Crippen molar-refractivity contribution in [2.75, 3.05) is 20.0 Å². The molecule has 0 radical (unpaired) electrons. The summed E-state index contributed by atoms with van der Waals surface area (Å²) in [5.74, 6) is -2.60. The molecule has 0 atom stereocenters. The van der Waals surface area contributed by atoms with Crippen molar-refractivity contribution >= 4 is 46.4 Å². The number of anilines is 1. The van der Waals surface area contributed by atoms with Gasteiger partial charge in [-0.05, 0) is 103 Å². The Kier molecular flexibility index (Phi) is 23.6. The van der Waals surface area contributed by atoms with Crippen LogP contribution in [0.4, 0.5) is 22.7 Å². The van der Waals surface area contributed by atoms with E-state index in [1.807, 2.05) is 5.10 Å². The fourth-order valence-electron chi connectivity index (χ4n) is 8.59. The second kappa shape index (κ2) is 29.4. The number of ether oxygens (including phenoxy) is 2. The predicted molar refractivity (Wildman–Crippen MR) is 264 cm³/mol. The summed E-state index contributed by atoms with van der Waals surface area (Å²) in [6.07, 6.45) is 18.6. The maximum Gasteiger partial charge on any atom is 0.361 e. The van der Waals surface area contributed by atoms with E-state index in [-0.39, 0.29) is 65.1 Å². The quantitative estimate of drug-likeness (QED) is 0.0719. The van der Waals surface area contributed by atoms with Crippen molar-refractivity contribution in [3.05, 3.63) is 77.9 Å². The molecular formula is C44H68N16O15. The summed E-state index contributed by atoms with van der Waals surface area (Å²) in [5.41, 5.74) is 10.1. The molecule has 0 aliphatic heterocycles. The van der Waals surface area contributed by atoms with Gasteiger partial charge >= 0.3 is 23.0 Å². The first-order chi connectivity index (χ1) is 35.6. The summed E-state index contributed by atoms with van der Waals surface area (Å²) in [6.45, 7) is 0. The molecule has 4 aromatic heterocycles. The van der Waals surface area contributed by atoms with Gasteiger partial charge in [0.1, 0.15) is 18.6 Å². The largest absolute Gasteiger partial charge is 0.476 e. The molecule has 0 unspecified atom stereocenters. The van der Waals surface area contributed by atoms with Crippen LogP contribution in [0.1, 0.15) is 145 Å². The molecule has 75 heavy (non-hydrogen) atoms. The number of H-pyrrole nitrogens is 2. The van der Waals surface area contributed by atoms with Crippen molar-refractivity contribution < 1.29 is 58.7 Å². The van der Waals surface area contributed by atoms with Crippen LogP contribution in [-0.2, 0) is 23.6 Å². The van der Waals surface area contributed by atoms with Crippen molar-refractivity contribution in [3.8, 4) is 0 Å². The lowest BCUT2D eigenvalue weighted by Crippen LogP contribution is -2.39. The summed E-state index contributed by atoms with van der Waals surface area (Å²) in [6, 6.07) is 0.531. The van der Waals surface area contributed by atoms with Gasteiger partial charge in [-0.15, -0.1) is 0 Å². The summed E-state index contributed by atoms with van der Waals surface area (Å²) >= 11 is 0. The van der Waals surface area contributed by atoms with E-state index in [4.69, 9.17) is 31.2 Å². The van der Waals surface area contributed by atoms with Crippen LogP contribution in [-0.4, -0.2) is 157 Å². The molecule has 4 aliphatic rings. The number of carbonyl (C=O) groups is 4. The van der Waals surface area contributed by atoms with Gasteiger partial charge in [0, 0.05) is 58.7 Å². The van der Waals surface area contributed by atoms with Crippen molar-refractivity contribution in [2.45, 2.75) is 151 Å². The van der Waals surface area contributed by atoms with Crippen molar-refractivity contribution in [1.29, 1.82) is 0 Å². The van der Waals surface area contributed by atoms with Gasteiger partial charge in [-0.25, -0.2) is 4.79 Å². The predicted octanol–water partition coefficient (Wildman–Crippen LogP) is 2.32. The van der Waals surface area contributed by atoms with Crippen LogP contribution in [0.3, 0.4) is 0 Å². The van der Waals surface area contributed by atoms with Crippen LogP contribution in [0.25, 0.3) is 0 Å². The molecule has 4 heterocycles. The van der Waals surface area contributed by atoms with Crippen LogP contribution in [0.5, 0.6) is 0 Å². The average molecular weight is 1060 g/mol. The molecule has 0 spiro atoms. The number of carboxylic acids is 1. The Morgan fingerprint density at radius 2 is 0.973 bits per heavy atom. The molecule has 414 valence electrons. The first-order valence-electron chi connectivity index (χ1n) is 24.3. The SMILES string of the molecule is COC1CCC(NC(=O)c2nn(C)cc2N)CC1.COC1CCC(NC(=O)c2nn(C)cc2[N+](=O)[O-])CC1.NC1CCC(O)CC1.O=C(NC1CCC(O)CC1)c1[nH]ncc1[N+](=O)[O-].O=C(O)c1[nH]ncc1[N+](=O)[O-]. The van der Waals surface area contributed by atoms with Crippen LogP contribution in [0.2, 0.25) is 0 Å². The minimum atomic E-state index is -1.39. The number of carbonyl (C=O) groups excluding carboxylic acids is 3. The first kappa shape index (κ1) is 60.1. The molecule has 4 saturated carbocycles. The molecule has 4 aromatic rings. The van der Waals surface area contributed by atoms with Crippen molar-refractivity contribution in [3.63, 3.8) is 0 Å². The monoisotopic (exact) mass is 1060 g/mol. The summed E-state index contributed by atoms with van der Waals surface area (Å²) in [5, 5.41) is 85.7. The van der Waals surface area contributed by atoms with E-state index in [0.717, 1.165) is 89.4 Å². The van der Waals surface area contributed by atoms with Gasteiger partial charge in [0.25, 0.3) is 17.7 Å². The number of aromatic carboxylic acids is 1. The van der Waals surface area contributed by atoms with Gasteiger partial charge in [0.2, 0.25) is 17.1 Å². The normalized spacial score (nSPS) is 23.0. The van der Waals surface area contributed by atoms with E-state index in [0.29, 0.717) is 49.2 Å². The molecule has 12 N–H and O–H groups in total. The lowest BCUT2D eigenvalue weighted by molar-refractivity contribution is -0.385. The number of nitrogens with two attached hydrogens (primary N) is 2. The highest BCUT2D eigenvalue weighted by Crippen LogP contribution is 2.24. The Balaban J connectivity index is 0.000000209. The van der Waals surface area contributed by atoms with E-state index in [9.17, 15) is 54.6 Å². The van der Waals surface area contributed by atoms with Gasteiger partial charge in [-0.1, -0.05) is 0 Å². The number of aromatic amines is 2. The summed E-state index contributed by atoms with van der Waals surface area (Å²) in [7, 11) is 6.71. The van der Waals surface area contributed by atoms with Gasteiger partial charge < -0.3 is 52.2 Å². The molecule has 31 nitrogen and oxygen atoms in total. The molecule has 4 fully saturated rings. The minimum Gasteiger partial charge on any atom is -0.476 e. The highest BCUT2D eigenvalue weighted by atomic mass is 16.6. The Labute approximate surface area is 429 Å². The topological polar surface area (TPSA) is 458 Å². The highest BCUT2D eigenvalue weighted by Gasteiger charge is 2.30. The lowest BCUT2D eigenvalue weighted by atomic mass is 9.93. The zero-order valence-corrected chi connectivity index (χ0v) is 42.2. The van der Waals surface area contributed by atoms with Crippen LogP contribution in [0, 0.1) is 30.3 Å². The zero-order chi connectivity index (χ0) is 55.4. The van der Waals surface area contributed by atoms with Gasteiger partial charge in [-0.2, -0.15) is 20.4 Å². The van der Waals surface area contributed by atoms with Crippen LogP contribution < -0.4 is 27.4 Å². The number of carboxylic acid groups (broad SMARTS) is 1. The number of rotatable bonds is 12. The number of nitrogen functional groups attached to an aromatic ring is 1. The number of aryl methyl sites for hydroxylation is 2. The molecule has 3 amide bonds. The van der Waals surface area contributed by atoms with Crippen LogP contribution >= 0.6 is 0 Å². The van der Waals surface area contributed by atoms with E-state index in [2.05, 4.69) is 41.4 Å². The van der Waals surface area contributed by atoms with Crippen molar-refractivity contribution in [2.24, 2.45) is 19.8 Å². The Hall–Kier alpha value is -7.48. The first-order valence-corrected chi connectivity index (χ1v) is 24.3. The standard InChI is InChI=1S/C12H18N4O4.C12H20N4O2.C10H14N4O4.C6H13NO.C4H3N3O4/c1-15-7-10(16(18)19)11(14-15)12(17)13-8-3-5-9(20-2)6-4-8;1-16-7-10(13)11(15-16)12(17)14-8-3-5-9(18-2)6-4-8;15-7-3-1-6(2-4-7)12-10(16)9-8(14(17)18)5-11-13-9;7-5-1-3-6(8)4-2-5;8-4(9)3-2(7(10)11)1-5-6-3/h7-9H,3-6H2,1-2H3,(H,13,17);7-9H,3-6,13H2,1-2H3,(H,14,17);5-7,15H,1-4H2,(H,11,13)(H,12,16);5-6,8H,1-4,7H2;1H,(H,5,6)(H,8,9). The smallest absolute Gasteiger partial charge is 0.361 e. The lowest BCUT2D eigenvalue weighted by Gasteiger charge is -2.27.